The number of anilines is 1. The van der Waals surface area contributed by atoms with Crippen molar-refractivity contribution in [3.05, 3.63) is 48.5 Å². The van der Waals surface area contributed by atoms with Gasteiger partial charge in [0.15, 0.2) is 0 Å². The molecule has 1 atom stereocenters. The van der Waals surface area contributed by atoms with Crippen LogP contribution in [0.1, 0.15) is 0 Å². The second-order valence-electron chi connectivity index (χ2n) is 6.15. The molecule has 170 valence electrons. The molecule has 3 rings (SSSR count). The highest BCUT2D eigenvalue weighted by molar-refractivity contribution is 7.86. The Morgan fingerprint density at radius 3 is 2.03 bits per heavy atom. The summed E-state index contributed by atoms with van der Waals surface area (Å²) < 4.78 is 84.0. The van der Waals surface area contributed by atoms with Crippen molar-refractivity contribution in [1.82, 2.24) is 0 Å². The quantitative estimate of drug-likeness (QED) is 0.278. The molecule has 4 N–H and O–H groups in total. The van der Waals surface area contributed by atoms with E-state index in [1.54, 1.807) is 24.3 Å². The number of rotatable bonds is 7. The SMILES string of the molecule is CN=Nc1c(O)cc(NS(=O)Oc2cc(S(=O)(=O)O)cc(S(=O)(=O)O)c2)c2ccccc12. The third-order valence-electron chi connectivity index (χ3n) is 4.01. The van der Waals surface area contributed by atoms with Gasteiger partial charge in [0.05, 0.1) is 15.5 Å². The predicted octanol–water partition coefficient (Wildman–Crippen LogP) is 2.82. The smallest absolute Gasteiger partial charge is 0.316 e. The van der Waals surface area contributed by atoms with Gasteiger partial charge >= 0.3 is 11.3 Å². The van der Waals surface area contributed by atoms with Crippen LogP contribution in [0.25, 0.3) is 10.8 Å². The maximum atomic E-state index is 12.5. The zero-order valence-electron chi connectivity index (χ0n) is 16.0. The predicted molar refractivity (Wildman–Crippen MR) is 115 cm³/mol. The minimum absolute atomic E-state index is 0.146. The molecule has 3 aromatic carbocycles. The summed E-state index contributed by atoms with van der Waals surface area (Å²) in [6.45, 7) is 0. The lowest BCUT2D eigenvalue weighted by molar-refractivity contribution is 0.476. The van der Waals surface area contributed by atoms with Crippen molar-refractivity contribution in [3.63, 3.8) is 0 Å². The molecule has 1 unspecified atom stereocenters. The van der Waals surface area contributed by atoms with Crippen molar-refractivity contribution in [1.29, 1.82) is 0 Å². The van der Waals surface area contributed by atoms with Crippen LogP contribution in [0.3, 0.4) is 0 Å². The maximum Gasteiger partial charge on any atom is 0.316 e. The molecule has 3 aromatic rings. The van der Waals surface area contributed by atoms with E-state index >= 15 is 0 Å². The molecule has 0 heterocycles. The van der Waals surface area contributed by atoms with Crippen LogP contribution in [0.15, 0.2) is 68.6 Å². The number of hydrogen-bond acceptors (Lipinski definition) is 9. The number of nitrogens with zero attached hydrogens (tertiary/aromatic N) is 2. The molecule has 12 nitrogen and oxygen atoms in total. The molecule has 0 aliphatic rings. The van der Waals surface area contributed by atoms with E-state index in [9.17, 15) is 35.3 Å². The summed E-state index contributed by atoms with van der Waals surface area (Å²) in [5, 5.41) is 18.7. The van der Waals surface area contributed by atoms with Crippen molar-refractivity contribution < 1.29 is 39.4 Å². The Hall–Kier alpha value is -3.11. The lowest BCUT2D eigenvalue weighted by Gasteiger charge is -2.13. The van der Waals surface area contributed by atoms with Gasteiger partial charge in [-0.2, -0.15) is 31.3 Å². The van der Waals surface area contributed by atoms with E-state index in [4.69, 9.17) is 4.18 Å². The fourth-order valence-electron chi connectivity index (χ4n) is 2.72. The number of phenols is 1. The molecule has 0 spiro atoms. The van der Waals surface area contributed by atoms with Crippen molar-refractivity contribution in [2.45, 2.75) is 9.79 Å². The summed E-state index contributed by atoms with van der Waals surface area (Å²) in [6, 6.07) is 9.78. The first-order valence-corrected chi connectivity index (χ1v) is 12.4. The van der Waals surface area contributed by atoms with Gasteiger partial charge in [0.2, 0.25) is 0 Å². The molecular formula is C17H15N3O9S3. The third-order valence-corrected chi connectivity index (χ3v) is 6.40. The fourth-order valence-corrected chi connectivity index (χ4v) is 4.54. The molecule has 0 aromatic heterocycles. The van der Waals surface area contributed by atoms with Crippen molar-refractivity contribution >= 4 is 53.6 Å². The minimum atomic E-state index is -4.87. The Balaban J connectivity index is 2.00. The number of benzene rings is 3. The minimum Gasteiger partial charge on any atom is -0.506 e. The fraction of sp³-hybridized carbons (Fsp3) is 0.0588. The molecule has 32 heavy (non-hydrogen) atoms. The van der Waals surface area contributed by atoms with E-state index in [2.05, 4.69) is 15.0 Å². The number of hydrogen-bond donors (Lipinski definition) is 4. The summed E-state index contributed by atoms with van der Waals surface area (Å²) in [4.78, 5) is -1.81. The van der Waals surface area contributed by atoms with Crippen LogP contribution < -0.4 is 8.91 Å². The normalized spacial score (nSPS) is 13.3. The molecular weight excluding hydrogens is 486 g/mol. The average molecular weight is 502 g/mol. The van der Waals surface area contributed by atoms with Crippen LogP contribution in [0.2, 0.25) is 0 Å². The standard InChI is InChI=1S/C17H15N3O9S3/c1-18-19-17-14-5-3-2-4-13(14)15(9-16(17)21)20-30(22)29-10-6-11(31(23,24)25)8-12(7-10)32(26,27)28/h2-9,20-21H,1H3,(H,23,24,25)(H,26,27,28). The summed E-state index contributed by atoms with van der Waals surface area (Å²) in [6.07, 6.45) is 0. The highest BCUT2D eigenvalue weighted by Crippen LogP contribution is 2.40. The first kappa shape index (κ1) is 23.6. The van der Waals surface area contributed by atoms with E-state index < -0.39 is 47.0 Å². The highest BCUT2D eigenvalue weighted by atomic mass is 32.2. The first-order chi connectivity index (χ1) is 14.9. The number of fused-ring (bicyclic) bond motifs is 1. The number of phenolic OH excluding ortho intramolecular Hbond substituents is 1. The third kappa shape index (κ3) is 5.20. The van der Waals surface area contributed by atoms with Crippen molar-refractivity contribution in [2.75, 3.05) is 11.8 Å². The molecule has 0 saturated carbocycles. The number of nitrogens with one attached hydrogen (secondary N) is 1. The first-order valence-electron chi connectivity index (χ1n) is 8.41. The Kier molecular flexibility index (Phi) is 6.47. The molecule has 0 saturated heterocycles. The van der Waals surface area contributed by atoms with Crippen LogP contribution in [0.5, 0.6) is 11.5 Å². The number of azo groups is 1. The molecule has 0 aliphatic carbocycles. The van der Waals surface area contributed by atoms with Gasteiger partial charge in [-0.25, -0.2) is 0 Å². The summed E-state index contributed by atoms with van der Waals surface area (Å²) in [5.41, 5.74) is 0.325. The molecule has 0 amide bonds. The highest BCUT2D eigenvalue weighted by Gasteiger charge is 2.20. The zero-order chi connectivity index (χ0) is 23.7. The lowest BCUT2D eigenvalue weighted by atomic mass is 10.1. The van der Waals surface area contributed by atoms with Gasteiger partial charge in [-0.05, 0) is 6.07 Å². The molecule has 0 radical (unpaired) electrons. The zero-order valence-corrected chi connectivity index (χ0v) is 18.5. The van der Waals surface area contributed by atoms with Crippen molar-refractivity contribution in [2.24, 2.45) is 10.2 Å². The summed E-state index contributed by atoms with van der Waals surface area (Å²) >= 11 is -2.43. The van der Waals surface area contributed by atoms with Crippen LogP contribution in [0, 0.1) is 0 Å². The Morgan fingerprint density at radius 2 is 1.50 bits per heavy atom. The van der Waals surface area contributed by atoms with E-state index in [1.165, 1.54) is 13.1 Å². The van der Waals surface area contributed by atoms with Gasteiger partial charge in [0.25, 0.3) is 20.2 Å². The Morgan fingerprint density at radius 1 is 0.938 bits per heavy atom. The molecule has 0 bridgehead atoms. The second-order valence-corrected chi connectivity index (χ2v) is 9.83. The molecule has 0 fully saturated rings. The van der Waals surface area contributed by atoms with Gasteiger partial charge < -0.3 is 9.29 Å². The summed E-state index contributed by atoms with van der Waals surface area (Å²) in [5.74, 6) is -0.834. The monoisotopic (exact) mass is 501 g/mol. The van der Waals surface area contributed by atoms with Gasteiger partial charge in [-0.15, -0.1) is 0 Å². The Labute approximate surface area is 184 Å². The molecule has 15 heteroatoms. The van der Waals surface area contributed by atoms with Crippen molar-refractivity contribution in [3.8, 4) is 11.5 Å². The van der Waals surface area contributed by atoms with E-state index in [1.807, 2.05) is 0 Å². The van der Waals surface area contributed by atoms with Crippen LogP contribution in [0.4, 0.5) is 11.4 Å². The molecule has 0 aliphatic heterocycles. The van der Waals surface area contributed by atoms with Crippen LogP contribution in [-0.2, 0) is 31.5 Å². The largest absolute Gasteiger partial charge is 0.506 e. The van der Waals surface area contributed by atoms with E-state index in [0.29, 0.717) is 29.0 Å². The maximum absolute atomic E-state index is 12.5. The van der Waals surface area contributed by atoms with Gasteiger partial charge in [0, 0.05) is 36.0 Å². The van der Waals surface area contributed by atoms with Crippen LogP contribution >= 0.6 is 0 Å². The number of aromatic hydroxyl groups is 1. The topological polar surface area (TPSA) is 192 Å². The van der Waals surface area contributed by atoms with Gasteiger partial charge in [-0.1, -0.05) is 24.3 Å². The van der Waals surface area contributed by atoms with Crippen LogP contribution in [-0.4, -0.2) is 42.3 Å². The van der Waals surface area contributed by atoms with E-state index in [-0.39, 0.29) is 17.1 Å². The van der Waals surface area contributed by atoms with Gasteiger partial charge in [-0.3, -0.25) is 13.8 Å². The summed E-state index contributed by atoms with van der Waals surface area (Å²) in [7, 11) is -8.33. The second kappa shape index (κ2) is 8.79. The van der Waals surface area contributed by atoms with E-state index in [0.717, 1.165) is 0 Å². The Bertz CT molecular complexity index is 1420. The van der Waals surface area contributed by atoms with Gasteiger partial charge in [0.1, 0.15) is 17.2 Å². The average Bonchev–Trinajstić information content (AvgIpc) is 2.69. The lowest BCUT2D eigenvalue weighted by Crippen LogP contribution is -2.12.